The molecule has 3 N–H and O–H groups in total. The van der Waals surface area contributed by atoms with Gasteiger partial charge in [-0.15, -0.1) is 0 Å². The summed E-state index contributed by atoms with van der Waals surface area (Å²) in [6, 6.07) is 0. The number of aliphatic hydroxyl groups excluding tert-OH is 2. The molecule has 5 heteroatoms. The van der Waals surface area contributed by atoms with E-state index in [-0.39, 0.29) is 19.6 Å². The van der Waals surface area contributed by atoms with E-state index in [0.29, 0.717) is 12.8 Å². The molecule has 0 rings (SSSR count). The molecule has 0 aliphatic carbocycles. The van der Waals surface area contributed by atoms with Crippen molar-refractivity contribution in [2.75, 3.05) is 13.2 Å². The van der Waals surface area contributed by atoms with Gasteiger partial charge >= 0.3 is 5.97 Å². The number of aliphatic hydroxyl groups is 2. The zero-order valence-corrected chi connectivity index (χ0v) is 7.63. The Morgan fingerprint density at radius 3 is 2.17 bits per heavy atom. The average Bonchev–Trinajstić information content (AvgIpc) is 2.03. The van der Waals surface area contributed by atoms with Gasteiger partial charge in [-0.25, -0.2) is 0 Å². The first-order chi connectivity index (χ1) is 5.54. The Balaban J connectivity index is 3.65. The van der Waals surface area contributed by atoms with Crippen molar-refractivity contribution in [2.45, 2.75) is 24.0 Å². The molecule has 0 unspecified atom stereocenters. The maximum absolute atomic E-state index is 10.1. The third-order valence-electron chi connectivity index (χ3n) is 1.62. The molecule has 72 valence electrons. The van der Waals surface area contributed by atoms with Gasteiger partial charge in [0.25, 0.3) is 0 Å². The first kappa shape index (κ1) is 11.7. The molecule has 0 saturated heterocycles. The minimum Gasteiger partial charge on any atom is -0.481 e. The van der Waals surface area contributed by atoms with Crippen molar-refractivity contribution in [2.24, 2.45) is 0 Å². The summed E-state index contributed by atoms with van der Waals surface area (Å²) < 4.78 is -0.838. The molecule has 0 heterocycles. The molecule has 12 heavy (non-hydrogen) atoms. The van der Waals surface area contributed by atoms with E-state index in [0.717, 1.165) is 0 Å². The van der Waals surface area contributed by atoms with Crippen LogP contribution in [0.5, 0.6) is 0 Å². The molecule has 0 bridgehead atoms. The molecule has 0 atom stereocenters. The lowest BCUT2D eigenvalue weighted by Crippen LogP contribution is -2.31. The van der Waals surface area contributed by atoms with Crippen LogP contribution in [-0.4, -0.2) is 39.2 Å². The Morgan fingerprint density at radius 1 is 1.33 bits per heavy atom. The minimum atomic E-state index is -0.874. The van der Waals surface area contributed by atoms with E-state index in [1.54, 1.807) is 0 Å². The fraction of sp³-hybridized carbons (Fsp3) is 0.857. The van der Waals surface area contributed by atoms with Crippen LogP contribution in [0.3, 0.4) is 0 Å². The summed E-state index contributed by atoms with van der Waals surface area (Å²) in [7, 11) is 0. The van der Waals surface area contributed by atoms with Gasteiger partial charge in [0, 0.05) is 6.42 Å². The summed E-state index contributed by atoms with van der Waals surface area (Å²) in [6.07, 6.45) is 0.859. The number of carboxylic acid groups (broad SMARTS) is 1. The van der Waals surface area contributed by atoms with Crippen molar-refractivity contribution < 1.29 is 20.1 Å². The lowest BCUT2D eigenvalue weighted by Gasteiger charge is -2.22. The van der Waals surface area contributed by atoms with Crippen molar-refractivity contribution in [3.8, 4) is 0 Å². The van der Waals surface area contributed by atoms with Gasteiger partial charge in [-0.2, -0.15) is 12.6 Å². The number of rotatable bonds is 6. The van der Waals surface area contributed by atoms with Gasteiger partial charge in [0.2, 0.25) is 0 Å². The van der Waals surface area contributed by atoms with Crippen molar-refractivity contribution in [1.29, 1.82) is 0 Å². The Labute approximate surface area is 76.6 Å². The van der Waals surface area contributed by atoms with Gasteiger partial charge in [-0.3, -0.25) is 4.79 Å². The van der Waals surface area contributed by atoms with Crippen LogP contribution >= 0.6 is 12.6 Å². The fourth-order valence-corrected chi connectivity index (χ4v) is 0.935. The highest BCUT2D eigenvalue weighted by molar-refractivity contribution is 7.81. The van der Waals surface area contributed by atoms with E-state index >= 15 is 0 Å². The topological polar surface area (TPSA) is 77.8 Å². The number of aliphatic carboxylic acids is 1. The maximum atomic E-state index is 10.1. The highest BCUT2D eigenvalue weighted by atomic mass is 32.1. The summed E-state index contributed by atoms with van der Waals surface area (Å²) >= 11 is 4.03. The molecule has 0 aromatic carbocycles. The quantitative estimate of drug-likeness (QED) is 0.445. The van der Waals surface area contributed by atoms with Crippen molar-refractivity contribution in [3.63, 3.8) is 0 Å². The SMILES string of the molecule is O=C(O)CCCC(S)(CO)CO. The van der Waals surface area contributed by atoms with Gasteiger partial charge in [0.15, 0.2) is 0 Å². The lowest BCUT2D eigenvalue weighted by molar-refractivity contribution is -0.137. The van der Waals surface area contributed by atoms with E-state index in [9.17, 15) is 4.79 Å². The van der Waals surface area contributed by atoms with Gasteiger partial charge in [-0.05, 0) is 12.8 Å². The van der Waals surface area contributed by atoms with Crippen LogP contribution in [0.2, 0.25) is 0 Å². The molecule has 0 aromatic rings. The minimum absolute atomic E-state index is 0.0440. The Bertz CT molecular complexity index is 144. The molecule has 0 aromatic heterocycles. The van der Waals surface area contributed by atoms with E-state index in [1.807, 2.05) is 0 Å². The standard InChI is InChI=1S/C7H14O4S/c8-4-7(12,5-9)3-1-2-6(10)11/h8-9,12H,1-5H2,(H,10,11). The third-order valence-corrected chi connectivity index (χ3v) is 2.13. The van der Waals surface area contributed by atoms with Gasteiger partial charge in [0.05, 0.1) is 18.0 Å². The Kier molecular flexibility index (Phi) is 5.28. The predicted molar refractivity (Wildman–Crippen MR) is 47.4 cm³/mol. The van der Waals surface area contributed by atoms with E-state index in [1.165, 1.54) is 0 Å². The Morgan fingerprint density at radius 2 is 1.83 bits per heavy atom. The van der Waals surface area contributed by atoms with E-state index in [2.05, 4.69) is 12.6 Å². The van der Waals surface area contributed by atoms with Crippen LogP contribution in [0, 0.1) is 0 Å². The fourth-order valence-electron chi connectivity index (χ4n) is 0.777. The summed E-state index contributed by atoms with van der Waals surface area (Å²) in [4.78, 5) is 10.1. The van der Waals surface area contributed by atoms with Crippen LogP contribution in [0.15, 0.2) is 0 Å². The second-order valence-corrected chi connectivity index (χ2v) is 3.74. The first-order valence-corrected chi connectivity index (χ1v) is 4.15. The summed E-state index contributed by atoms with van der Waals surface area (Å²) in [5.74, 6) is -0.874. The van der Waals surface area contributed by atoms with Crippen LogP contribution in [0.1, 0.15) is 19.3 Å². The molecule has 0 spiro atoms. The zero-order valence-electron chi connectivity index (χ0n) is 6.73. The monoisotopic (exact) mass is 194 g/mol. The smallest absolute Gasteiger partial charge is 0.303 e. The number of hydrogen-bond acceptors (Lipinski definition) is 4. The maximum Gasteiger partial charge on any atom is 0.303 e. The Hall–Kier alpha value is -0.260. The largest absolute Gasteiger partial charge is 0.481 e. The molecule has 0 radical (unpaired) electrons. The molecule has 0 aliphatic heterocycles. The molecule has 0 amide bonds. The van der Waals surface area contributed by atoms with Crippen LogP contribution in [0.25, 0.3) is 0 Å². The van der Waals surface area contributed by atoms with Crippen LogP contribution < -0.4 is 0 Å². The van der Waals surface area contributed by atoms with E-state index in [4.69, 9.17) is 15.3 Å². The summed E-state index contributed by atoms with van der Waals surface area (Å²) in [6.45, 7) is -0.488. The predicted octanol–water partition coefficient (Wildman–Crippen LogP) is -0.105. The number of thiol groups is 1. The molecule has 0 fully saturated rings. The van der Waals surface area contributed by atoms with Crippen molar-refractivity contribution in [3.05, 3.63) is 0 Å². The number of carboxylic acids is 1. The van der Waals surface area contributed by atoms with Crippen molar-refractivity contribution >= 4 is 18.6 Å². The number of carbonyl (C=O) groups is 1. The molecule has 0 aliphatic rings. The molecular formula is C7H14O4S. The van der Waals surface area contributed by atoms with Gasteiger partial charge < -0.3 is 15.3 Å². The second-order valence-electron chi connectivity index (χ2n) is 2.79. The van der Waals surface area contributed by atoms with Crippen LogP contribution in [0.4, 0.5) is 0 Å². The van der Waals surface area contributed by atoms with E-state index < -0.39 is 10.7 Å². The number of hydrogen-bond donors (Lipinski definition) is 4. The summed E-state index contributed by atoms with van der Waals surface area (Å²) in [5, 5.41) is 25.8. The van der Waals surface area contributed by atoms with Gasteiger partial charge in [-0.1, -0.05) is 0 Å². The summed E-state index contributed by atoms with van der Waals surface area (Å²) in [5.41, 5.74) is 0. The molecule has 4 nitrogen and oxygen atoms in total. The average molecular weight is 194 g/mol. The highest BCUT2D eigenvalue weighted by Crippen LogP contribution is 2.20. The molecule has 0 saturated carbocycles. The third kappa shape index (κ3) is 4.58. The first-order valence-electron chi connectivity index (χ1n) is 3.70. The normalized spacial score (nSPS) is 11.6. The zero-order chi connectivity index (χ0) is 9.61. The van der Waals surface area contributed by atoms with Gasteiger partial charge in [0.1, 0.15) is 0 Å². The molecular weight excluding hydrogens is 180 g/mol. The van der Waals surface area contributed by atoms with Crippen molar-refractivity contribution in [1.82, 2.24) is 0 Å². The lowest BCUT2D eigenvalue weighted by atomic mass is 10.0. The highest BCUT2D eigenvalue weighted by Gasteiger charge is 2.23. The second kappa shape index (κ2) is 5.40. The van der Waals surface area contributed by atoms with Crippen LogP contribution in [-0.2, 0) is 4.79 Å².